The number of fused-ring (bicyclic) bond motifs is 3. The molecule has 40 heavy (non-hydrogen) atoms. The Kier molecular flexibility index (Phi) is 6.43. The summed E-state index contributed by atoms with van der Waals surface area (Å²) in [4.78, 5) is 29.0. The van der Waals surface area contributed by atoms with Gasteiger partial charge in [-0.05, 0) is 79.6 Å². The summed E-state index contributed by atoms with van der Waals surface area (Å²) in [5, 5.41) is 8.40. The standard InChI is InChI=1S/C32H31Cl2N3O3/c1-2-40-30(38)20-10-8-19(9-11-20)25-16-27-29(35-25)28(21-4-3-5-22(33)14-21)32(37(27)17-18-6-7-18)24-13-12-23(34)15-26(24)36-31(32)39/h3-5,8-15,18,25,27-29,35H,2,6-7,16-17H2,1H3,(H,36,39)/t25-,27+,28+,29-,32-/m1/s1. The lowest BCUT2D eigenvalue weighted by molar-refractivity contribution is -0.128. The van der Waals surface area contributed by atoms with Crippen LogP contribution in [-0.2, 0) is 15.1 Å². The largest absolute Gasteiger partial charge is 0.462 e. The molecule has 1 aliphatic carbocycles. The summed E-state index contributed by atoms with van der Waals surface area (Å²) in [5.74, 6) is 0.112. The summed E-state index contributed by atoms with van der Waals surface area (Å²) in [5.41, 5.74) is 3.62. The van der Waals surface area contributed by atoms with Crippen molar-refractivity contribution in [1.82, 2.24) is 10.2 Å². The molecule has 6 nitrogen and oxygen atoms in total. The van der Waals surface area contributed by atoms with E-state index in [1.165, 1.54) is 12.8 Å². The van der Waals surface area contributed by atoms with E-state index in [0.717, 1.165) is 35.3 Å². The molecule has 3 fully saturated rings. The van der Waals surface area contributed by atoms with Crippen LogP contribution in [0.25, 0.3) is 0 Å². The molecule has 3 aliphatic heterocycles. The van der Waals surface area contributed by atoms with Gasteiger partial charge in [-0.25, -0.2) is 4.79 Å². The van der Waals surface area contributed by atoms with Gasteiger partial charge in [0.2, 0.25) is 5.91 Å². The molecular formula is C32H31Cl2N3O3. The van der Waals surface area contributed by atoms with Gasteiger partial charge in [0.1, 0.15) is 5.54 Å². The Morgan fingerprint density at radius 1 is 1.02 bits per heavy atom. The van der Waals surface area contributed by atoms with Gasteiger partial charge in [0.25, 0.3) is 0 Å². The number of halogens is 2. The quantitative estimate of drug-likeness (QED) is 0.337. The van der Waals surface area contributed by atoms with Crippen molar-refractivity contribution >= 4 is 40.8 Å². The smallest absolute Gasteiger partial charge is 0.338 e. The number of likely N-dealkylation sites (tertiary alicyclic amines) is 1. The molecule has 3 aromatic rings. The molecule has 1 saturated carbocycles. The number of anilines is 1. The van der Waals surface area contributed by atoms with Crippen LogP contribution in [0.5, 0.6) is 0 Å². The van der Waals surface area contributed by atoms with Crippen LogP contribution in [0.3, 0.4) is 0 Å². The van der Waals surface area contributed by atoms with E-state index in [4.69, 9.17) is 27.9 Å². The van der Waals surface area contributed by atoms with E-state index in [-0.39, 0.29) is 35.9 Å². The fourth-order valence-corrected chi connectivity index (χ4v) is 7.70. The van der Waals surface area contributed by atoms with Gasteiger partial charge < -0.3 is 15.4 Å². The number of ether oxygens (including phenoxy) is 1. The molecule has 0 unspecified atom stereocenters. The molecule has 1 spiro atoms. The van der Waals surface area contributed by atoms with Crippen LogP contribution in [0.1, 0.15) is 65.2 Å². The maximum atomic E-state index is 14.3. The van der Waals surface area contributed by atoms with E-state index < -0.39 is 5.54 Å². The zero-order valence-electron chi connectivity index (χ0n) is 22.2. The number of carbonyl (C=O) groups excluding carboxylic acids is 2. The minimum atomic E-state index is -0.867. The Balaban J connectivity index is 1.32. The minimum Gasteiger partial charge on any atom is -0.462 e. The lowest BCUT2D eigenvalue weighted by atomic mass is 9.74. The van der Waals surface area contributed by atoms with Crippen molar-refractivity contribution in [2.24, 2.45) is 5.92 Å². The van der Waals surface area contributed by atoms with Crippen LogP contribution in [0, 0.1) is 5.92 Å². The number of carbonyl (C=O) groups is 2. The number of benzene rings is 3. The van der Waals surface area contributed by atoms with Crippen LogP contribution in [0.15, 0.2) is 66.7 Å². The van der Waals surface area contributed by atoms with E-state index in [1.807, 2.05) is 67.6 Å². The van der Waals surface area contributed by atoms with E-state index in [1.54, 1.807) is 0 Å². The number of esters is 1. The van der Waals surface area contributed by atoms with Gasteiger partial charge in [-0.2, -0.15) is 0 Å². The van der Waals surface area contributed by atoms with Gasteiger partial charge in [-0.15, -0.1) is 0 Å². The summed E-state index contributed by atoms with van der Waals surface area (Å²) in [6.45, 7) is 3.02. The summed E-state index contributed by atoms with van der Waals surface area (Å²) in [7, 11) is 0. The first-order valence-electron chi connectivity index (χ1n) is 14.1. The van der Waals surface area contributed by atoms with Crippen molar-refractivity contribution in [3.05, 3.63) is 99.0 Å². The Bertz CT molecular complexity index is 1490. The van der Waals surface area contributed by atoms with Crippen molar-refractivity contribution < 1.29 is 14.3 Å². The highest BCUT2D eigenvalue weighted by atomic mass is 35.5. The molecule has 8 heteroatoms. The van der Waals surface area contributed by atoms with Crippen molar-refractivity contribution in [1.29, 1.82) is 0 Å². The van der Waals surface area contributed by atoms with Crippen molar-refractivity contribution in [2.75, 3.05) is 18.5 Å². The predicted octanol–water partition coefficient (Wildman–Crippen LogP) is 6.30. The number of nitrogens with one attached hydrogen (secondary N) is 2. The van der Waals surface area contributed by atoms with E-state index in [2.05, 4.69) is 21.6 Å². The van der Waals surface area contributed by atoms with Gasteiger partial charge in [-0.1, -0.05) is 53.5 Å². The van der Waals surface area contributed by atoms with Gasteiger partial charge in [0, 0.05) is 51.9 Å². The predicted molar refractivity (Wildman–Crippen MR) is 156 cm³/mol. The van der Waals surface area contributed by atoms with Crippen LogP contribution >= 0.6 is 23.2 Å². The monoisotopic (exact) mass is 575 g/mol. The molecule has 7 rings (SSSR count). The fraction of sp³-hybridized carbons (Fsp3) is 0.375. The van der Waals surface area contributed by atoms with E-state index in [9.17, 15) is 9.59 Å². The highest BCUT2D eigenvalue weighted by Crippen LogP contribution is 2.60. The Labute approximate surface area is 244 Å². The summed E-state index contributed by atoms with van der Waals surface area (Å²) >= 11 is 12.9. The third-order valence-electron chi connectivity index (χ3n) is 9.12. The number of rotatable bonds is 6. The zero-order chi connectivity index (χ0) is 27.6. The average molecular weight is 577 g/mol. The number of hydrogen-bond acceptors (Lipinski definition) is 5. The first-order valence-corrected chi connectivity index (χ1v) is 14.8. The molecule has 0 radical (unpaired) electrons. The third kappa shape index (κ3) is 4.07. The highest BCUT2D eigenvalue weighted by molar-refractivity contribution is 6.31. The van der Waals surface area contributed by atoms with Gasteiger partial charge in [0.05, 0.1) is 12.2 Å². The summed E-state index contributed by atoms with van der Waals surface area (Å²) < 4.78 is 5.17. The third-order valence-corrected chi connectivity index (χ3v) is 9.59. The molecule has 2 N–H and O–H groups in total. The molecular weight excluding hydrogens is 545 g/mol. The first-order chi connectivity index (χ1) is 19.4. The highest BCUT2D eigenvalue weighted by Gasteiger charge is 2.68. The van der Waals surface area contributed by atoms with Crippen LogP contribution < -0.4 is 10.6 Å². The normalized spacial score (nSPS) is 28.9. The molecule has 1 amide bonds. The average Bonchev–Trinajstić information content (AvgIpc) is 3.51. The fourth-order valence-electron chi connectivity index (χ4n) is 7.33. The van der Waals surface area contributed by atoms with Crippen LogP contribution in [-0.4, -0.2) is 42.0 Å². The summed E-state index contributed by atoms with van der Waals surface area (Å²) in [6, 6.07) is 21.7. The zero-order valence-corrected chi connectivity index (χ0v) is 23.7. The summed E-state index contributed by atoms with van der Waals surface area (Å²) in [6.07, 6.45) is 3.23. The maximum Gasteiger partial charge on any atom is 0.338 e. The molecule has 3 aromatic carbocycles. The Morgan fingerprint density at radius 3 is 2.52 bits per heavy atom. The first kappa shape index (κ1) is 26.0. The number of hydrogen-bond donors (Lipinski definition) is 2. The van der Waals surface area contributed by atoms with Gasteiger partial charge in [0.15, 0.2) is 0 Å². The van der Waals surface area contributed by atoms with Crippen LogP contribution in [0.4, 0.5) is 5.69 Å². The van der Waals surface area contributed by atoms with Gasteiger partial charge in [-0.3, -0.25) is 9.69 Å². The lowest BCUT2D eigenvalue weighted by Gasteiger charge is -2.41. The lowest BCUT2D eigenvalue weighted by Crippen LogP contribution is -2.53. The maximum absolute atomic E-state index is 14.3. The SMILES string of the molecule is CCOC(=O)c1ccc([C@H]2C[C@H]3[C@@H](N2)[C@H](c2cccc(Cl)c2)[C@]2(C(=O)Nc4cc(Cl)ccc42)N3CC2CC2)cc1. The molecule has 2 saturated heterocycles. The second kappa shape index (κ2) is 9.88. The molecule has 5 atom stereocenters. The van der Waals surface area contributed by atoms with Crippen molar-refractivity contribution in [3.63, 3.8) is 0 Å². The molecule has 0 aromatic heterocycles. The minimum absolute atomic E-state index is 0.00179. The second-order valence-corrected chi connectivity index (χ2v) is 12.3. The number of amides is 1. The van der Waals surface area contributed by atoms with Crippen molar-refractivity contribution in [3.8, 4) is 0 Å². The van der Waals surface area contributed by atoms with E-state index >= 15 is 0 Å². The topological polar surface area (TPSA) is 70.7 Å². The molecule has 0 bridgehead atoms. The molecule has 4 aliphatic rings. The second-order valence-electron chi connectivity index (χ2n) is 11.4. The Morgan fingerprint density at radius 2 is 1.80 bits per heavy atom. The van der Waals surface area contributed by atoms with Gasteiger partial charge >= 0.3 is 5.97 Å². The molecule has 206 valence electrons. The Hall–Kier alpha value is -2.90. The number of nitrogens with zero attached hydrogens (tertiary/aromatic N) is 1. The molecule has 3 heterocycles. The van der Waals surface area contributed by atoms with E-state index in [0.29, 0.717) is 28.1 Å². The van der Waals surface area contributed by atoms with Crippen molar-refractivity contribution in [2.45, 2.75) is 55.8 Å². The van der Waals surface area contributed by atoms with Crippen LogP contribution in [0.2, 0.25) is 10.0 Å².